The third-order valence-electron chi connectivity index (χ3n) is 5.05. The zero-order chi connectivity index (χ0) is 21.1. The van der Waals surface area contributed by atoms with Gasteiger partial charge >= 0.3 is 6.16 Å². The summed E-state index contributed by atoms with van der Waals surface area (Å²) in [6.45, 7) is 6.55. The zero-order valence-electron chi connectivity index (χ0n) is 16.6. The molecule has 1 aliphatic carbocycles. The number of phenols is 1. The Labute approximate surface area is 175 Å². The number of rotatable bonds is 6. The molecule has 3 unspecified atom stereocenters. The Bertz CT molecular complexity index is 874. The number of carbonyl (C=O) groups excluding carboxylic acids is 1. The first kappa shape index (κ1) is 21.4. The van der Waals surface area contributed by atoms with E-state index in [1.54, 1.807) is 6.07 Å². The number of aliphatic hydroxyl groups excluding tert-OH is 1. The largest absolute Gasteiger partial charge is 0.508 e. The van der Waals surface area contributed by atoms with Crippen LogP contribution in [0.15, 0.2) is 30.3 Å². The number of aromatic hydroxyl groups is 1. The lowest BCUT2D eigenvalue weighted by atomic mass is 9.88. The van der Waals surface area contributed by atoms with Gasteiger partial charge in [0.05, 0.1) is 18.6 Å². The molecule has 0 aliphatic heterocycles. The van der Waals surface area contributed by atoms with Crippen molar-refractivity contribution in [3.63, 3.8) is 0 Å². The molecule has 0 saturated carbocycles. The lowest BCUT2D eigenvalue weighted by Gasteiger charge is -2.26. The van der Waals surface area contributed by atoms with Crippen LogP contribution in [0, 0.1) is 13.8 Å². The van der Waals surface area contributed by atoms with E-state index in [0.29, 0.717) is 28.3 Å². The molecule has 0 amide bonds. The van der Waals surface area contributed by atoms with Gasteiger partial charge in [-0.2, -0.15) is 0 Å². The van der Waals surface area contributed by atoms with Crippen LogP contribution < -0.4 is 0 Å². The van der Waals surface area contributed by atoms with Crippen molar-refractivity contribution in [1.82, 2.24) is 0 Å². The van der Waals surface area contributed by atoms with Crippen LogP contribution in [0.2, 0.25) is 5.02 Å². The third kappa shape index (κ3) is 4.50. The number of hydrogen-bond donors (Lipinski definition) is 2. The van der Waals surface area contributed by atoms with Crippen LogP contribution in [0.5, 0.6) is 5.75 Å². The SMILES string of the molecule is CCOCCOC(=O)OC1c2ccc(O)cc2C(O)C1c1c(C)cc(C)cc1Cl. The molecule has 6 nitrogen and oxygen atoms in total. The predicted octanol–water partition coefficient (Wildman–Crippen LogP) is 4.72. The van der Waals surface area contributed by atoms with Crippen LogP contribution in [-0.2, 0) is 14.2 Å². The summed E-state index contributed by atoms with van der Waals surface area (Å²) >= 11 is 6.53. The average molecular weight is 421 g/mol. The van der Waals surface area contributed by atoms with Crippen LogP contribution in [0.25, 0.3) is 0 Å². The number of carbonyl (C=O) groups is 1. The summed E-state index contributed by atoms with van der Waals surface area (Å²) in [6.07, 6.45) is -2.66. The van der Waals surface area contributed by atoms with Gasteiger partial charge in [0.25, 0.3) is 0 Å². The molecule has 2 N–H and O–H groups in total. The summed E-state index contributed by atoms with van der Waals surface area (Å²) in [5.41, 5.74) is 3.69. The first-order valence-corrected chi connectivity index (χ1v) is 9.90. The summed E-state index contributed by atoms with van der Waals surface area (Å²) in [7, 11) is 0. The van der Waals surface area contributed by atoms with E-state index in [4.69, 9.17) is 25.8 Å². The van der Waals surface area contributed by atoms with Gasteiger partial charge in [0, 0.05) is 11.6 Å². The van der Waals surface area contributed by atoms with Gasteiger partial charge in [-0.05, 0) is 66.8 Å². The highest BCUT2D eigenvalue weighted by molar-refractivity contribution is 6.31. The standard InChI is InChI=1S/C22H25ClO6/c1-4-27-7-8-28-22(26)29-21-15-6-5-14(24)11-16(15)20(25)19(21)18-13(3)9-12(2)10-17(18)23/h5-6,9-11,19-21,24-25H,4,7-8H2,1-3H3. The van der Waals surface area contributed by atoms with Gasteiger partial charge in [0.2, 0.25) is 0 Å². The molecule has 2 aromatic carbocycles. The monoisotopic (exact) mass is 420 g/mol. The summed E-state index contributed by atoms with van der Waals surface area (Å²) in [6, 6.07) is 8.40. The summed E-state index contributed by atoms with van der Waals surface area (Å²) in [5.74, 6) is -0.604. The Morgan fingerprint density at radius 3 is 2.59 bits per heavy atom. The van der Waals surface area contributed by atoms with E-state index in [9.17, 15) is 15.0 Å². The molecule has 0 heterocycles. The van der Waals surface area contributed by atoms with Crippen molar-refractivity contribution in [3.05, 3.63) is 63.2 Å². The van der Waals surface area contributed by atoms with Crippen LogP contribution in [0.1, 0.15) is 52.9 Å². The van der Waals surface area contributed by atoms with E-state index in [1.807, 2.05) is 32.9 Å². The summed E-state index contributed by atoms with van der Waals surface area (Å²) in [4.78, 5) is 12.3. The Kier molecular flexibility index (Phi) is 6.67. The van der Waals surface area contributed by atoms with E-state index >= 15 is 0 Å². The van der Waals surface area contributed by atoms with Gasteiger partial charge in [-0.15, -0.1) is 0 Å². The predicted molar refractivity (Wildman–Crippen MR) is 108 cm³/mol. The molecule has 0 aromatic heterocycles. The molecule has 0 radical (unpaired) electrons. The fraction of sp³-hybridized carbons (Fsp3) is 0.409. The van der Waals surface area contributed by atoms with Crippen molar-refractivity contribution in [2.45, 2.75) is 38.9 Å². The fourth-order valence-corrected chi connectivity index (χ4v) is 4.34. The van der Waals surface area contributed by atoms with Crippen LogP contribution in [0.4, 0.5) is 4.79 Å². The van der Waals surface area contributed by atoms with Crippen molar-refractivity contribution >= 4 is 17.8 Å². The third-order valence-corrected chi connectivity index (χ3v) is 5.36. The average Bonchev–Trinajstić information content (AvgIpc) is 2.90. The lowest BCUT2D eigenvalue weighted by Crippen LogP contribution is -2.20. The molecule has 1 aliphatic rings. The molecule has 7 heteroatoms. The molecular weight excluding hydrogens is 396 g/mol. The fourth-order valence-electron chi connectivity index (χ4n) is 3.89. The second kappa shape index (κ2) is 9.03. The van der Waals surface area contributed by atoms with Crippen molar-refractivity contribution < 1.29 is 29.2 Å². The molecule has 156 valence electrons. The van der Waals surface area contributed by atoms with E-state index in [1.165, 1.54) is 12.1 Å². The quantitative estimate of drug-likeness (QED) is 0.519. The van der Waals surface area contributed by atoms with Crippen molar-refractivity contribution in [1.29, 1.82) is 0 Å². The van der Waals surface area contributed by atoms with Gasteiger partial charge in [-0.25, -0.2) is 4.79 Å². The molecule has 2 aromatic rings. The number of aryl methyl sites for hydroxylation is 2. The highest BCUT2D eigenvalue weighted by Gasteiger charge is 2.45. The molecule has 3 rings (SSSR count). The molecule has 0 bridgehead atoms. The minimum atomic E-state index is -1.00. The minimum absolute atomic E-state index is 0.0215. The number of aliphatic hydroxyl groups is 1. The Morgan fingerprint density at radius 2 is 1.90 bits per heavy atom. The highest BCUT2D eigenvalue weighted by atomic mass is 35.5. The van der Waals surface area contributed by atoms with Crippen LogP contribution in [-0.4, -0.2) is 36.2 Å². The number of benzene rings is 2. The molecular formula is C22H25ClO6. The number of ether oxygens (including phenoxy) is 3. The molecule has 0 saturated heterocycles. The molecule has 3 atom stereocenters. The number of phenolic OH excluding ortho intramolecular Hbond substituents is 1. The van der Waals surface area contributed by atoms with Crippen molar-refractivity contribution in [2.75, 3.05) is 19.8 Å². The van der Waals surface area contributed by atoms with Crippen LogP contribution >= 0.6 is 11.6 Å². The van der Waals surface area contributed by atoms with Gasteiger partial charge in [0.15, 0.2) is 0 Å². The molecule has 0 spiro atoms. The Hall–Kier alpha value is -2.28. The summed E-state index contributed by atoms with van der Waals surface area (Å²) < 4.78 is 15.9. The second-order valence-corrected chi connectivity index (χ2v) is 7.50. The van der Waals surface area contributed by atoms with Gasteiger partial charge in [-0.1, -0.05) is 23.7 Å². The van der Waals surface area contributed by atoms with E-state index in [-0.39, 0.29) is 19.0 Å². The van der Waals surface area contributed by atoms with E-state index < -0.39 is 24.3 Å². The normalized spacial score (nSPS) is 20.4. The smallest absolute Gasteiger partial charge is 0.508 e. The maximum Gasteiger partial charge on any atom is 0.508 e. The van der Waals surface area contributed by atoms with Gasteiger partial charge < -0.3 is 24.4 Å². The van der Waals surface area contributed by atoms with Crippen molar-refractivity contribution in [2.24, 2.45) is 0 Å². The number of fused-ring (bicyclic) bond motifs is 1. The molecule has 29 heavy (non-hydrogen) atoms. The van der Waals surface area contributed by atoms with Crippen LogP contribution in [0.3, 0.4) is 0 Å². The lowest BCUT2D eigenvalue weighted by molar-refractivity contribution is -0.00993. The molecule has 0 fully saturated rings. The van der Waals surface area contributed by atoms with E-state index in [2.05, 4.69) is 0 Å². The first-order valence-electron chi connectivity index (χ1n) is 9.52. The first-order chi connectivity index (χ1) is 13.8. The number of halogens is 1. The second-order valence-electron chi connectivity index (χ2n) is 7.09. The zero-order valence-corrected chi connectivity index (χ0v) is 17.4. The van der Waals surface area contributed by atoms with Crippen molar-refractivity contribution in [3.8, 4) is 5.75 Å². The topological polar surface area (TPSA) is 85.2 Å². The van der Waals surface area contributed by atoms with Gasteiger partial charge in [0.1, 0.15) is 18.5 Å². The highest BCUT2D eigenvalue weighted by Crippen LogP contribution is 2.54. The summed E-state index contributed by atoms with van der Waals surface area (Å²) in [5, 5.41) is 21.4. The van der Waals surface area contributed by atoms with E-state index in [0.717, 1.165) is 11.1 Å². The maximum absolute atomic E-state index is 12.3. The van der Waals surface area contributed by atoms with Gasteiger partial charge in [-0.3, -0.25) is 0 Å². The Balaban J connectivity index is 1.95. The number of hydrogen-bond acceptors (Lipinski definition) is 6. The minimum Gasteiger partial charge on any atom is -0.508 e. The Morgan fingerprint density at radius 1 is 1.14 bits per heavy atom. The maximum atomic E-state index is 12.3.